The summed E-state index contributed by atoms with van der Waals surface area (Å²) in [7, 11) is 0. The van der Waals surface area contributed by atoms with Crippen LogP contribution >= 0.6 is 11.6 Å². The van der Waals surface area contributed by atoms with E-state index in [1.165, 1.54) is 0 Å². The summed E-state index contributed by atoms with van der Waals surface area (Å²) in [5, 5.41) is 4.01. The zero-order chi connectivity index (χ0) is 18.2. The molecule has 0 aromatic heterocycles. The standard InChI is InChI=1S/C20H23ClN2O3/c21-17-6-4-5-16(13-17)19-14-22-9-10-23(19)20(24)15-25-11-12-26-18-7-2-1-3-8-18/h1-8,13,19,22H,9-12,14-15H2. The van der Waals surface area contributed by atoms with Crippen molar-refractivity contribution in [3.63, 3.8) is 0 Å². The van der Waals surface area contributed by atoms with Crippen LogP contribution in [0.1, 0.15) is 11.6 Å². The van der Waals surface area contributed by atoms with Crippen LogP contribution < -0.4 is 10.1 Å². The number of nitrogens with zero attached hydrogens (tertiary/aromatic N) is 1. The molecule has 1 aliphatic rings. The van der Waals surface area contributed by atoms with Crippen molar-refractivity contribution in [3.05, 3.63) is 65.2 Å². The van der Waals surface area contributed by atoms with Crippen LogP contribution in [0.5, 0.6) is 5.75 Å². The maximum atomic E-state index is 12.6. The summed E-state index contributed by atoms with van der Waals surface area (Å²) in [6.07, 6.45) is 0. The molecular formula is C20H23ClN2O3. The fraction of sp³-hybridized carbons (Fsp3) is 0.350. The van der Waals surface area contributed by atoms with Gasteiger partial charge in [0, 0.05) is 24.7 Å². The molecule has 0 aliphatic carbocycles. The summed E-state index contributed by atoms with van der Waals surface area (Å²) in [6.45, 7) is 2.98. The van der Waals surface area contributed by atoms with Crippen LogP contribution in [0.25, 0.3) is 0 Å². The van der Waals surface area contributed by atoms with E-state index in [4.69, 9.17) is 21.1 Å². The van der Waals surface area contributed by atoms with Gasteiger partial charge in [-0.1, -0.05) is 41.9 Å². The fourth-order valence-corrected chi connectivity index (χ4v) is 3.19. The second-order valence-electron chi connectivity index (χ2n) is 6.08. The lowest BCUT2D eigenvalue weighted by Gasteiger charge is -2.36. The van der Waals surface area contributed by atoms with E-state index in [1.54, 1.807) is 0 Å². The number of ether oxygens (including phenoxy) is 2. The average Bonchev–Trinajstić information content (AvgIpc) is 2.68. The Hall–Kier alpha value is -2.08. The van der Waals surface area contributed by atoms with E-state index in [0.29, 0.717) is 31.3 Å². The van der Waals surface area contributed by atoms with Crippen molar-refractivity contribution < 1.29 is 14.3 Å². The topological polar surface area (TPSA) is 50.8 Å². The SMILES string of the molecule is O=C(COCCOc1ccccc1)N1CCNCC1c1cccc(Cl)c1. The van der Waals surface area contributed by atoms with Gasteiger partial charge in [0.15, 0.2) is 0 Å². The Morgan fingerprint density at radius 3 is 2.81 bits per heavy atom. The first kappa shape index (κ1) is 18.7. The summed E-state index contributed by atoms with van der Waals surface area (Å²) < 4.78 is 11.1. The monoisotopic (exact) mass is 374 g/mol. The number of amides is 1. The van der Waals surface area contributed by atoms with Crippen molar-refractivity contribution in [2.75, 3.05) is 39.5 Å². The molecule has 1 saturated heterocycles. The number of piperazine rings is 1. The maximum absolute atomic E-state index is 12.6. The third-order valence-corrected chi connectivity index (χ3v) is 4.50. The Balaban J connectivity index is 1.47. The highest BCUT2D eigenvalue weighted by Crippen LogP contribution is 2.24. The normalized spacial score (nSPS) is 17.1. The molecule has 0 radical (unpaired) electrons. The van der Waals surface area contributed by atoms with Gasteiger partial charge in [-0.3, -0.25) is 4.79 Å². The molecular weight excluding hydrogens is 352 g/mol. The Morgan fingerprint density at radius 1 is 1.15 bits per heavy atom. The third-order valence-electron chi connectivity index (χ3n) is 4.26. The van der Waals surface area contributed by atoms with Crippen LogP contribution in [0, 0.1) is 0 Å². The van der Waals surface area contributed by atoms with Gasteiger partial charge in [0.25, 0.3) is 0 Å². The van der Waals surface area contributed by atoms with Crippen molar-refractivity contribution in [1.29, 1.82) is 0 Å². The van der Waals surface area contributed by atoms with Gasteiger partial charge in [0.05, 0.1) is 12.6 Å². The number of benzene rings is 2. The van der Waals surface area contributed by atoms with Crippen LogP contribution in [-0.4, -0.2) is 50.3 Å². The van der Waals surface area contributed by atoms with Gasteiger partial charge in [-0.2, -0.15) is 0 Å². The summed E-state index contributed by atoms with van der Waals surface area (Å²) in [6, 6.07) is 17.2. The van der Waals surface area contributed by atoms with Gasteiger partial charge in [-0.15, -0.1) is 0 Å². The Kier molecular flexibility index (Phi) is 6.89. The molecule has 26 heavy (non-hydrogen) atoms. The van der Waals surface area contributed by atoms with Crippen LogP contribution in [0.3, 0.4) is 0 Å². The van der Waals surface area contributed by atoms with E-state index in [2.05, 4.69) is 5.32 Å². The highest BCUT2D eigenvalue weighted by atomic mass is 35.5. The highest BCUT2D eigenvalue weighted by Gasteiger charge is 2.27. The summed E-state index contributed by atoms with van der Waals surface area (Å²) in [5.41, 5.74) is 1.03. The molecule has 1 fully saturated rings. The van der Waals surface area contributed by atoms with E-state index >= 15 is 0 Å². The molecule has 1 aliphatic heterocycles. The number of hydrogen-bond donors (Lipinski definition) is 1. The molecule has 0 spiro atoms. The number of nitrogens with one attached hydrogen (secondary N) is 1. The molecule has 1 atom stereocenters. The zero-order valence-corrected chi connectivity index (χ0v) is 15.3. The number of rotatable bonds is 7. The van der Waals surface area contributed by atoms with Gasteiger partial charge >= 0.3 is 0 Å². The molecule has 3 rings (SSSR count). The van der Waals surface area contributed by atoms with Crippen molar-refractivity contribution in [2.24, 2.45) is 0 Å². The Bertz CT molecular complexity index is 711. The minimum absolute atomic E-state index is 0.0174. The van der Waals surface area contributed by atoms with E-state index in [-0.39, 0.29) is 18.6 Å². The van der Waals surface area contributed by atoms with Gasteiger partial charge in [-0.05, 0) is 29.8 Å². The van der Waals surface area contributed by atoms with Gasteiger partial charge in [0.2, 0.25) is 5.91 Å². The molecule has 1 N–H and O–H groups in total. The summed E-state index contributed by atoms with van der Waals surface area (Å²) in [4.78, 5) is 14.5. The minimum atomic E-state index is -0.0286. The summed E-state index contributed by atoms with van der Waals surface area (Å²) in [5.74, 6) is 0.779. The lowest BCUT2D eigenvalue weighted by Crippen LogP contribution is -2.49. The van der Waals surface area contributed by atoms with Crippen LogP contribution in [-0.2, 0) is 9.53 Å². The Morgan fingerprint density at radius 2 is 2.00 bits per heavy atom. The maximum Gasteiger partial charge on any atom is 0.249 e. The van der Waals surface area contributed by atoms with Crippen molar-refractivity contribution >= 4 is 17.5 Å². The largest absolute Gasteiger partial charge is 0.491 e. The smallest absolute Gasteiger partial charge is 0.249 e. The fourth-order valence-electron chi connectivity index (χ4n) is 2.99. The van der Waals surface area contributed by atoms with Gasteiger partial charge in [-0.25, -0.2) is 0 Å². The van der Waals surface area contributed by atoms with Crippen molar-refractivity contribution in [2.45, 2.75) is 6.04 Å². The lowest BCUT2D eigenvalue weighted by atomic mass is 10.0. The molecule has 0 bridgehead atoms. The number of hydrogen-bond acceptors (Lipinski definition) is 4. The van der Waals surface area contributed by atoms with E-state index in [9.17, 15) is 4.79 Å². The van der Waals surface area contributed by atoms with Gasteiger partial charge < -0.3 is 19.7 Å². The zero-order valence-electron chi connectivity index (χ0n) is 14.6. The third kappa shape index (κ3) is 5.21. The molecule has 2 aromatic carbocycles. The lowest BCUT2D eigenvalue weighted by molar-refractivity contribution is -0.139. The van der Waals surface area contributed by atoms with Crippen LogP contribution in [0.4, 0.5) is 0 Å². The van der Waals surface area contributed by atoms with Crippen molar-refractivity contribution in [3.8, 4) is 5.75 Å². The molecule has 1 heterocycles. The molecule has 1 unspecified atom stereocenters. The van der Waals surface area contributed by atoms with Crippen molar-refractivity contribution in [1.82, 2.24) is 10.2 Å². The molecule has 0 saturated carbocycles. The highest BCUT2D eigenvalue weighted by molar-refractivity contribution is 6.30. The molecule has 6 heteroatoms. The first-order chi connectivity index (χ1) is 12.7. The second kappa shape index (κ2) is 9.57. The molecule has 2 aromatic rings. The number of carbonyl (C=O) groups is 1. The number of carbonyl (C=O) groups excluding carboxylic acids is 1. The van der Waals surface area contributed by atoms with E-state index < -0.39 is 0 Å². The van der Waals surface area contributed by atoms with E-state index in [0.717, 1.165) is 17.9 Å². The molecule has 138 valence electrons. The predicted molar refractivity (Wildman–Crippen MR) is 102 cm³/mol. The first-order valence-electron chi connectivity index (χ1n) is 8.75. The molecule has 1 amide bonds. The quantitative estimate of drug-likeness (QED) is 0.757. The average molecular weight is 375 g/mol. The first-order valence-corrected chi connectivity index (χ1v) is 9.13. The van der Waals surface area contributed by atoms with Crippen LogP contribution in [0.15, 0.2) is 54.6 Å². The second-order valence-corrected chi connectivity index (χ2v) is 6.51. The summed E-state index contributed by atoms with van der Waals surface area (Å²) >= 11 is 6.10. The minimum Gasteiger partial charge on any atom is -0.491 e. The number of halogens is 1. The molecule has 5 nitrogen and oxygen atoms in total. The Labute approximate surface area is 158 Å². The predicted octanol–water partition coefficient (Wildman–Crippen LogP) is 2.91. The van der Waals surface area contributed by atoms with Gasteiger partial charge in [0.1, 0.15) is 19.0 Å². The van der Waals surface area contributed by atoms with Crippen LogP contribution in [0.2, 0.25) is 5.02 Å². The van der Waals surface area contributed by atoms with E-state index in [1.807, 2.05) is 59.5 Å². The number of para-hydroxylation sites is 1.